The second-order valence-corrected chi connectivity index (χ2v) is 5.73. The summed E-state index contributed by atoms with van der Waals surface area (Å²) in [5, 5.41) is 0. The van der Waals surface area contributed by atoms with Crippen LogP contribution in [0.5, 0.6) is 0 Å². The van der Waals surface area contributed by atoms with Gasteiger partial charge in [-0.15, -0.1) is 0 Å². The lowest BCUT2D eigenvalue weighted by molar-refractivity contribution is 0.218. The van der Waals surface area contributed by atoms with Gasteiger partial charge in [0.25, 0.3) is 0 Å². The normalized spacial score (nSPS) is 31.8. The number of unbranched alkanes of at least 4 members (excludes halogenated alkanes) is 4. The molecule has 1 rings (SSSR count). The molecule has 0 aromatic rings. The van der Waals surface area contributed by atoms with Crippen molar-refractivity contribution in [1.82, 2.24) is 0 Å². The second-order valence-electron chi connectivity index (χ2n) is 5.73. The summed E-state index contributed by atoms with van der Waals surface area (Å²) in [6, 6.07) is 0. The number of nitrogens with two attached hydrogens (primary N) is 1. The first-order valence-electron chi connectivity index (χ1n) is 6.95. The molecule has 0 radical (unpaired) electrons. The summed E-state index contributed by atoms with van der Waals surface area (Å²) >= 11 is 0. The highest BCUT2D eigenvalue weighted by Gasteiger charge is 2.29. The van der Waals surface area contributed by atoms with Crippen LogP contribution in [0, 0.1) is 5.92 Å². The first kappa shape index (κ1) is 13.0. The molecule has 0 amide bonds. The maximum absolute atomic E-state index is 6.46. The minimum Gasteiger partial charge on any atom is -0.325 e. The first-order chi connectivity index (χ1) is 7.16. The van der Waals surface area contributed by atoms with Crippen molar-refractivity contribution < 1.29 is 0 Å². The van der Waals surface area contributed by atoms with Gasteiger partial charge in [-0.25, -0.2) is 0 Å². The third-order valence-corrected chi connectivity index (χ3v) is 3.90. The Morgan fingerprint density at radius 3 is 2.60 bits per heavy atom. The predicted molar refractivity (Wildman–Crippen MR) is 67.9 cm³/mol. The van der Waals surface area contributed by atoms with E-state index in [0.717, 1.165) is 5.92 Å². The predicted octanol–water partition coefficient (Wildman–Crippen LogP) is 4.25. The van der Waals surface area contributed by atoms with Crippen LogP contribution < -0.4 is 5.73 Å². The Balaban J connectivity index is 2.12. The van der Waals surface area contributed by atoms with Crippen molar-refractivity contribution in [3.63, 3.8) is 0 Å². The number of hydrogen-bond acceptors (Lipinski definition) is 1. The molecule has 2 N–H and O–H groups in total. The molecule has 0 aromatic heterocycles. The first-order valence-corrected chi connectivity index (χ1v) is 6.95. The van der Waals surface area contributed by atoms with E-state index in [9.17, 15) is 0 Å². The molecule has 2 atom stereocenters. The fourth-order valence-corrected chi connectivity index (χ4v) is 3.01. The molecular formula is C14H29N. The van der Waals surface area contributed by atoms with Crippen molar-refractivity contribution in [2.24, 2.45) is 11.7 Å². The molecule has 15 heavy (non-hydrogen) atoms. The smallest absolute Gasteiger partial charge is 0.0156 e. The summed E-state index contributed by atoms with van der Waals surface area (Å²) in [5.74, 6) is 0.861. The molecule has 0 aromatic carbocycles. The highest BCUT2D eigenvalue weighted by molar-refractivity contribution is 4.89. The third-order valence-electron chi connectivity index (χ3n) is 3.90. The molecule has 90 valence electrons. The molecule has 0 saturated heterocycles. The summed E-state index contributed by atoms with van der Waals surface area (Å²) < 4.78 is 0. The molecule has 0 heterocycles. The maximum atomic E-state index is 6.46. The van der Waals surface area contributed by atoms with Crippen LogP contribution in [0.1, 0.15) is 78.1 Å². The average molecular weight is 211 g/mol. The van der Waals surface area contributed by atoms with Gasteiger partial charge in [0, 0.05) is 5.54 Å². The van der Waals surface area contributed by atoms with E-state index >= 15 is 0 Å². The van der Waals surface area contributed by atoms with E-state index in [-0.39, 0.29) is 5.54 Å². The Bertz CT molecular complexity index is 167. The van der Waals surface area contributed by atoms with Gasteiger partial charge in [-0.1, -0.05) is 58.8 Å². The fraction of sp³-hybridized carbons (Fsp3) is 1.00. The van der Waals surface area contributed by atoms with Crippen LogP contribution in [0.3, 0.4) is 0 Å². The van der Waals surface area contributed by atoms with Crippen molar-refractivity contribution in [3.8, 4) is 0 Å². The SMILES string of the molecule is CCCCCCCC1(N)CCCC(C)C1. The van der Waals surface area contributed by atoms with E-state index in [4.69, 9.17) is 5.73 Å². The van der Waals surface area contributed by atoms with Crippen LogP contribution in [0.15, 0.2) is 0 Å². The van der Waals surface area contributed by atoms with Crippen LogP contribution in [-0.4, -0.2) is 5.54 Å². The lowest BCUT2D eigenvalue weighted by atomic mass is 9.74. The van der Waals surface area contributed by atoms with Crippen LogP contribution >= 0.6 is 0 Å². The van der Waals surface area contributed by atoms with Crippen molar-refractivity contribution in [2.75, 3.05) is 0 Å². The molecule has 1 aliphatic rings. The molecule has 1 saturated carbocycles. The monoisotopic (exact) mass is 211 g/mol. The molecular weight excluding hydrogens is 182 g/mol. The van der Waals surface area contributed by atoms with Gasteiger partial charge in [0.1, 0.15) is 0 Å². The van der Waals surface area contributed by atoms with Crippen molar-refractivity contribution >= 4 is 0 Å². The van der Waals surface area contributed by atoms with E-state index in [1.54, 1.807) is 0 Å². The van der Waals surface area contributed by atoms with Gasteiger partial charge >= 0.3 is 0 Å². The fourth-order valence-electron chi connectivity index (χ4n) is 3.01. The van der Waals surface area contributed by atoms with Crippen LogP contribution in [0.4, 0.5) is 0 Å². The van der Waals surface area contributed by atoms with Gasteiger partial charge < -0.3 is 5.73 Å². The van der Waals surface area contributed by atoms with E-state index in [1.807, 2.05) is 0 Å². The van der Waals surface area contributed by atoms with E-state index in [0.29, 0.717) is 0 Å². The molecule has 0 aliphatic heterocycles. The minimum absolute atomic E-state index is 0.198. The Morgan fingerprint density at radius 2 is 1.93 bits per heavy atom. The summed E-state index contributed by atoms with van der Waals surface area (Å²) in [5.41, 5.74) is 6.66. The lowest BCUT2D eigenvalue weighted by Crippen LogP contribution is -2.43. The van der Waals surface area contributed by atoms with Crippen molar-refractivity contribution in [2.45, 2.75) is 83.6 Å². The largest absolute Gasteiger partial charge is 0.325 e. The van der Waals surface area contributed by atoms with Gasteiger partial charge in [0.05, 0.1) is 0 Å². The number of hydrogen-bond donors (Lipinski definition) is 1. The molecule has 1 fully saturated rings. The molecule has 0 bridgehead atoms. The minimum atomic E-state index is 0.198. The highest BCUT2D eigenvalue weighted by atomic mass is 14.7. The van der Waals surface area contributed by atoms with E-state index in [1.165, 1.54) is 64.2 Å². The van der Waals surface area contributed by atoms with E-state index < -0.39 is 0 Å². The summed E-state index contributed by atoms with van der Waals surface area (Å²) in [4.78, 5) is 0. The van der Waals surface area contributed by atoms with Gasteiger partial charge in [-0.2, -0.15) is 0 Å². The van der Waals surface area contributed by atoms with Crippen molar-refractivity contribution in [1.29, 1.82) is 0 Å². The van der Waals surface area contributed by atoms with Crippen LogP contribution in [0.25, 0.3) is 0 Å². The zero-order chi connectivity index (χ0) is 11.1. The second kappa shape index (κ2) is 6.52. The molecule has 1 aliphatic carbocycles. The molecule has 1 nitrogen and oxygen atoms in total. The Labute approximate surface area is 95.8 Å². The Kier molecular flexibility index (Phi) is 5.66. The Morgan fingerprint density at radius 1 is 1.20 bits per heavy atom. The Hall–Kier alpha value is -0.0400. The van der Waals surface area contributed by atoms with Gasteiger partial charge in [0.2, 0.25) is 0 Å². The van der Waals surface area contributed by atoms with E-state index in [2.05, 4.69) is 13.8 Å². The quantitative estimate of drug-likeness (QED) is 0.653. The van der Waals surface area contributed by atoms with Gasteiger partial charge in [0.15, 0.2) is 0 Å². The molecule has 1 heteroatoms. The van der Waals surface area contributed by atoms with Gasteiger partial charge in [-0.3, -0.25) is 0 Å². The summed E-state index contributed by atoms with van der Waals surface area (Å²) in [7, 11) is 0. The summed E-state index contributed by atoms with van der Waals surface area (Å²) in [6.07, 6.45) is 13.4. The maximum Gasteiger partial charge on any atom is 0.0156 e. The average Bonchev–Trinajstić information content (AvgIpc) is 2.17. The summed E-state index contributed by atoms with van der Waals surface area (Å²) in [6.45, 7) is 4.63. The molecule has 0 spiro atoms. The highest BCUT2D eigenvalue weighted by Crippen LogP contribution is 2.33. The zero-order valence-electron chi connectivity index (χ0n) is 10.7. The molecule has 2 unspecified atom stereocenters. The number of rotatable bonds is 6. The van der Waals surface area contributed by atoms with Gasteiger partial charge in [-0.05, 0) is 25.2 Å². The van der Waals surface area contributed by atoms with Crippen molar-refractivity contribution in [3.05, 3.63) is 0 Å². The topological polar surface area (TPSA) is 26.0 Å². The van der Waals surface area contributed by atoms with Crippen LogP contribution in [-0.2, 0) is 0 Å². The zero-order valence-corrected chi connectivity index (χ0v) is 10.7. The lowest BCUT2D eigenvalue weighted by Gasteiger charge is -2.37. The standard InChI is InChI=1S/C14H29N/c1-3-4-5-6-7-10-14(15)11-8-9-13(2)12-14/h13H,3-12,15H2,1-2H3. The third kappa shape index (κ3) is 5.01. The van der Waals surface area contributed by atoms with Crippen LogP contribution in [0.2, 0.25) is 0 Å².